The highest BCUT2D eigenvalue weighted by Crippen LogP contribution is 2.65. The summed E-state index contributed by atoms with van der Waals surface area (Å²) in [7, 11) is -3.79. The van der Waals surface area contributed by atoms with Crippen LogP contribution >= 0.6 is 0 Å². The molecule has 2 bridgehead atoms. The average molecular weight is 700 g/mol. The molecular weight excluding hydrogens is 655 g/mol. The zero-order valence-corrected chi connectivity index (χ0v) is 30.8. The lowest BCUT2D eigenvalue weighted by molar-refractivity contribution is 0.0173. The van der Waals surface area contributed by atoms with Crippen LogP contribution in [-0.2, 0) is 15.3 Å². The number of para-hydroxylation sites is 1. The van der Waals surface area contributed by atoms with Crippen molar-refractivity contribution in [2.75, 3.05) is 4.90 Å². The Labute approximate surface area is 308 Å². The lowest BCUT2D eigenvalue weighted by Gasteiger charge is -2.59. The Morgan fingerprint density at radius 1 is 0.577 bits per heavy atom. The molecule has 3 aliphatic rings. The first-order valence-corrected chi connectivity index (χ1v) is 20.5. The van der Waals surface area contributed by atoms with Crippen LogP contribution in [0.2, 0.25) is 0 Å². The molecule has 260 valence electrons. The van der Waals surface area contributed by atoms with Crippen molar-refractivity contribution in [1.29, 1.82) is 0 Å². The molecule has 0 N–H and O–H groups in total. The Bertz CT molecular complexity index is 2330. The van der Waals surface area contributed by atoms with Gasteiger partial charge in [-0.05, 0) is 114 Å². The molecule has 1 unspecified atom stereocenters. The smallest absolute Gasteiger partial charge is 0.207 e. The summed E-state index contributed by atoms with van der Waals surface area (Å²) in [6, 6.07) is 52.4. The van der Waals surface area contributed by atoms with Crippen LogP contribution in [0, 0.1) is 23.7 Å². The Balaban J connectivity index is 1.27. The molecule has 52 heavy (non-hydrogen) atoms. The second-order valence-corrected chi connectivity index (χ2v) is 17.3. The standard InChI is InChI=1S/C48H45NO2S/c1-3-34-30-38-28-33(2)29-39(31-34)48(38)43-19-11-13-21-46(43)52(50,51)47-32-41(26-27-44(47)48)49(40-24-22-36(23-25-40)35-14-6-4-7-15-35)45-20-12-10-18-42(45)37-16-8-5-9-17-37/h4-27,32-34,38-39H,3,28-31H2,1-2H3/t33-,34+,38+,39-,48?. The molecule has 4 heteroatoms. The van der Waals surface area contributed by atoms with E-state index in [0.29, 0.717) is 33.5 Å². The highest BCUT2D eigenvalue weighted by atomic mass is 32.2. The minimum atomic E-state index is -3.79. The predicted molar refractivity (Wildman–Crippen MR) is 213 cm³/mol. The van der Waals surface area contributed by atoms with E-state index in [2.05, 4.69) is 140 Å². The average Bonchev–Trinajstić information content (AvgIpc) is 3.18. The first kappa shape index (κ1) is 32.9. The van der Waals surface area contributed by atoms with Gasteiger partial charge in [-0.3, -0.25) is 0 Å². The first-order valence-electron chi connectivity index (χ1n) is 19.0. The molecule has 0 amide bonds. The molecule has 6 aromatic carbocycles. The van der Waals surface area contributed by atoms with Gasteiger partial charge in [-0.2, -0.15) is 0 Å². The van der Waals surface area contributed by atoms with Crippen molar-refractivity contribution in [3.05, 3.63) is 163 Å². The number of fused-ring (bicyclic) bond motifs is 2. The van der Waals surface area contributed by atoms with Crippen molar-refractivity contribution in [3.8, 4) is 22.3 Å². The van der Waals surface area contributed by atoms with Gasteiger partial charge in [0.2, 0.25) is 9.84 Å². The summed E-state index contributed by atoms with van der Waals surface area (Å²) in [5, 5.41) is 0. The number of sulfone groups is 1. The van der Waals surface area contributed by atoms with Crippen LogP contribution in [-0.4, -0.2) is 8.42 Å². The van der Waals surface area contributed by atoms with Crippen molar-refractivity contribution in [3.63, 3.8) is 0 Å². The Hall–Kier alpha value is -4.93. The summed E-state index contributed by atoms with van der Waals surface area (Å²) in [6.45, 7) is 4.73. The molecule has 6 aromatic rings. The number of nitrogens with zero attached hydrogens (tertiary/aromatic N) is 1. The predicted octanol–water partition coefficient (Wildman–Crippen LogP) is 12.4. The molecule has 0 saturated heterocycles. The SMILES string of the molecule is CC[C@@H]1C[C@H]2C[C@H](C)C[C@@H](C1)C21c2ccccc2S(=O)(=O)c2cc(N(c3ccc(-c4ccccc4)cc3)c3ccccc3-c3ccccc3)ccc21. The molecular formula is C48H45NO2S. The number of hydrogen-bond donors (Lipinski definition) is 0. The fourth-order valence-corrected chi connectivity index (χ4v) is 12.2. The van der Waals surface area contributed by atoms with Gasteiger partial charge in [0.05, 0.1) is 15.5 Å². The number of anilines is 3. The van der Waals surface area contributed by atoms with E-state index in [9.17, 15) is 8.42 Å². The summed E-state index contributed by atoms with van der Waals surface area (Å²) in [6.07, 6.45) is 5.75. The van der Waals surface area contributed by atoms with Crippen LogP contribution in [0.4, 0.5) is 17.1 Å². The first-order chi connectivity index (χ1) is 25.4. The van der Waals surface area contributed by atoms with Crippen molar-refractivity contribution in [1.82, 2.24) is 0 Å². The van der Waals surface area contributed by atoms with Gasteiger partial charge < -0.3 is 4.90 Å². The maximum Gasteiger partial charge on any atom is 0.207 e. The van der Waals surface area contributed by atoms with Crippen LogP contribution in [0.1, 0.15) is 57.1 Å². The Morgan fingerprint density at radius 2 is 1.13 bits per heavy atom. The van der Waals surface area contributed by atoms with E-state index in [1.165, 1.54) is 6.42 Å². The number of hydrogen-bond acceptors (Lipinski definition) is 3. The molecule has 9 rings (SSSR count). The van der Waals surface area contributed by atoms with Gasteiger partial charge in [-0.25, -0.2) is 8.42 Å². The number of benzene rings is 6. The molecule has 2 fully saturated rings. The van der Waals surface area contributed by atoms with Crippen LogP contribution < -0.4 is 4.90 Å². The normalized spacial score (nSPS) is 24.1. The summed E-state index contributed by atoms with van der Waals surface area (Å²) < 4.78 is 29.9. The quantitative estimate of drug-likeness (QED) is 0.174. The fourth-order valence-electron chi connectivity index (χ4n) is 10.4. The van der Waals surface area contributed by atoms with Crippen molar-refractivity contribution in [2.45, 2.75) is 61.2 Å². The maximum absolute atomic E-state index is 14.9. The van der Waals surface area contributed by atoms with Gasteiger partial charge in [0.25, 0.3) is 0 Å². The van der Waals surface area contributed by atoms with E-state index in [1.54, 1.807) is 0 Å². The third-order valence-electron chi connectivity index (χ3n) is 12.5. The third-order valence-corrected chi connectivity index (χ3v) is 14.4. The van der Waals surface area contributed by atoms with Gasteiger partial charge in [0.15, 0.2) is 0 Å². The van der Waals surface area contributed by atoms with Gasteiger partial charge in [0.1, 0.15) is 0 Å². The van der Waals surface area contributed by atoms with E-state index in [-0.39, 0.29) is 5.41 Å². The van der Waals surface area contributed by atoms with Gasteiger partial charge in [-0.15, -0.1) is 0 Å². The fraction of sp³-hybridized carbons (Fsp3) is 0.250. The van der Waals surface area contributed by atoms with E-state index < -0.39 is 9.84 Å². The van der Waals surface area contributed by atoms with Crippen LogP contribution in [0.25, 0.3) is 22.3 Å². The van der Waals surface area contributed by atoms with E-state index >= 15 is 0 Å². The molecule has 2 aliphatic carbocycles. The summed E-state index contributed by atoms with van der Waals surface area (Å²) in [5.74, 6) is 2.13. The lowest BCUT2D eigenvalue weighted by Crippen LogP contribution is -2.54. The summed E-state index contributed by atoms with van der Waals surface area (Å²) in [5.41, 5.74) is 9.04. The van der Waals surface area contributed by atoms with Gasteiger partial charge >= 0.3 is 0 Å². The van der Waals surface area contributed by atoms with E-state index in [0.717, 1.165) is 76.1 Å². The van der Waals surface area contributed by atoms with Crippen LogP contribution in [0.5, 0.6) is 0 Å². The molecule has 2 saturated carbocycles. The highest BCUT2D eigenvalue weighted by molar-refractivity contribution is 7.91. The molecule has 1 heterocycles. The zero-order valence-electron chi connectivity index (χ0n) is 30.0. The minimum absolute atomic E-state index is 0.307. The highest BCUT2D eigenvalue weighted by Gasteiger charge is 2.59. The Kier molecular flexibility index (Phi) is 8.19. The second-order valence-electron chi connectivity index (χ2n) is 15.4. The third kappa shape index (κ3) is 5.17. The van der Waals surface area contributed by atoms with Gasteiger partial charge in [-0.1, -0.05) is 136 Å². The molecule has 3 nitrogen and oxygen atoms in total. The van der Waals surface area contributed by atoms with Crippen molar-refractivity contribution >= 4 is 26.9 Å². The lowest BCUT2D eigenvalue weighted by atomic mass is 9.46. The molecule has 0 radical (unpaired) electrons. The maximum atomic E-state index is 14.9. The second kappa shape index (κ2) is 12.9. The molecule has 0 aromatic heterocycles. The van der Waals surface area contributed by atoms with Crippen molar-refractivity contribution in [2.24, 2.45) is 23.7 Å². The summed E-state index contributed by atoms with van der Waals surface area (Å²) in [4.78, 5) is 3.23. The zero-order chi connectivity index (χ0) is 35.5. The topological polar surface area (TPSA) is 37.4 Å². The molecule has 1 spiro atoms. The minimum Gasteiger partial charge on any atom is -0.310 e. The van der Waals surface area contributed by atoms with Crippen LogP contribution in [0.3, 0.4) is 0 Å². The number of rotatable bonds is 6. The largest absolute Gasteiger partial charge is 0.310 e. The summed E-state index contributed by atoms with van der Waals surface area (Å²) >= 11 is 0. The van der Waals surface area contributed by atoms with Crippen molar-refractivity contribution < 1.29 is 8.42 Å². The van der Waals surface area contributed by atoms with E-state index in [4.69, 9.17) is 0 Å². The molecule has 1 aliphatic heterocycles. The van der Waals surface area contributed by atoms with E-state index in [1.807, 2.05) is 30.3 Å². The monoisotopic (exact) mass is 699 g/mol. The molecule has 5 atom stereocenters. The van der Waals surface area contributed by atoms with Crippen LogP contribution in [0.15, 0.2) is 161 Å². The Morgan fingerprint density at radius 3 is 1.83 bits per heavy atom. The van der Waals surface area contributed by atoms with Gasteiger partial charge in [0, 0.05) is 22.4 Å².